The molecule has 1 heterocycles. The van der Waals surface area contributed by atoms with Gasteiger partial charge < -0.3 is 5.11 Å². The van der Waals surface area contributed by atoms with Gasteiger partial charge in [-0.15, -0.1) is 11.3 Å². The summed E-state index contributed by atoms with van der Waals surface area (Å²) >= 11 is 1.36. The van der Waals surface area contributed by atoms with E-state index in [1.165, 1.54) is 23.5 Å². The van der Waals surface area contributed by atoms with Gasteiger partial charge in [-0.2, -0.15) is 0 Å². The predicted octanol–water partition coefficient (Wildman–Crippen LogP) is 5.43. The van der Waals surface area contributed by atoms with Gasteiger partial charge in [-0.3, -0.25) is 4.79 Å². The van der Waals surface area contributed by atoms with Gasteiger partial charge in [0.05, 0.1) is 0 Å². The molecule has 0 aliphatic carbocycles. The first-order valence-electron chi connectivity index (χ1n) is 8.49. The van der Waals surface area contributed by atoms with Crippen LogP contribution >= 0.6 is 11.3 Å². The molecule has 0 radical (unpaired) electrons. The maximum atomic E-state index is 13.3. The Labute approximate surface area is 156 Å². The fourth-order valence-corrected chi connectivity index (χ4v) is 4.04. The number of hydrogen-bond acceptors (Lipinski definition) is 3. The van der Waals surface area contributed by atoms with Crippen LogP contribution < -0.4 is 0 Å². The van der Waals surface area contributed by atoms with Gasteiger partial charge in [0.2, 0.25) is 0 Å². The molecule has 0 fully saturated rings. The summed E-state index contributed by atoms with van der Waals surface area (Å²) < 4.78 is 13.3. The van der Waals surface area contributed by atoms with E-state index in [1.54, 1.807) is 23.7 Å². The van der Waals surface area contributed by atoms with Gasteiger partial charge in [0.25, 0.3) is 0 Å². The third-order valence-corrected chi connectivity index (χ3v) is 5.65. The number of benzene rings is 2. The molecular weight excluding hydrogens is 349 g/mol. The summed E-state index contributed by atoms with van der Waals surface area (Å²) in [5.41, 5.74) is 2.07. The van der Waals surface area contributed by atoms with E-state index in [0.29, 0.717) is 11.4 Å². The lowest BCUT2D eigenvalue weighted by atomic mass is 9.77. The topological polar surface area (TPSA) is 50.2 Å². The van der Waals surface area contributed by atoms with Crippen molar-refractivity contribution < 1.29 is 14.3 Å². The molecule has 0 bridgehead atoms. The van der Waals surface area contributed by atoms with Gasteiger partial charge in [0, 0.05) is 11.6 Å². The summed E-state index contributed by atoms with van der Waals surface area (Å²) in [6, 6.07) is 16.3. The number of hydrogen-bond donors (Lipinski definition) is 1. The zero-order valence-electron chi connectivity index (χ0n) is 14.4. The predicted molar refractivity (Wildman–Crippen MR) is 101 cm³/mol. The maximum absolute atomic E-state index is 13.3. The van der Waals surface area contributed by atoms with E-state index in [0.717, 1.165) is 11.1 Å². The first-order valence-corrected chi connectivity index (χ1v) is 9.37. The average molecular weight is 369 g/mol. The van der Waals surface area contributed by atoms with Crippen LogP contribution in [-0.4, -0.2) is 16.1 Å². The molecule has 0 amide bonds. The molecule has 1 N–H and O–H groups in total. The minimum absolute atomic E-state index is 0.0216. The number of halogens is 1. The Kier molecular flexibility index (Phi) is 5.78. The summed E-state index contributed by atoms with van der Waals surface area (Å²) in [6.07, 6.45) is 2.07. The molecule has 3 aromatic rings. The third-order valence-electron chi connectivity index (χ3n) is 4.76. The van der Waals surface area contributed by atoms with Crippen LogP contribution in [0.4, 0.5) is 4.39 Å². The first kappa shape index (κ1) is 18.3. The van der Waals surface area contributed by atoms with Crippen LogP contribution in [0.2, 0.25) is 0 Å². The van der Waals surface area contributed by atoms with Gasteiger partial charge in [-0.05, 0) is 41.5 Å². The largest absolute Gasteiger partial charge is 0.481 e. The smallest absolute Gasteiger partial charge is 0.313 e. The number of aliphatic carboxylic acids is 1. The molecule has 26 heavy (non-hydrogen) atoms. The molecule has 1 aromatic heterocycles. The summed E-state index contributed by atoms with van der Waals surface area (Å²) in [4.78, 5) is 16.1. The Morgan fingerprint density at radius 3 is 2.38 bits per heavy atom. The Balaban J connectivity index is 1.95. The molecule has 0 aliphatic heterocycles. The van der Waals surface area contributed by atoms with Crippen molar-refractivity contribution in [3.8, 4) is 0 Å². The Morgan fingerprint density at radius 1 is 1.12 bits per heavy atom. The zero-order chi connectivity index (χ0) is 18.5. The van der Waals surface area contributed by atoms with Gasteiger partial charge in [-0.25, -0.2) is 9.37 Å². The van der Waals surface area contributed by atoms with Crippen LogP contribution in [0.3, 0.4) is 0 Å². The van der Waals surface area contributed by atoms with E-state index < -0.39 is 11.9 Å². The van der Waals surface area contributed by atoms with Crippen molar-refractivity contribution in [3.05, 3.63) is 88.1 Å². The number of carboxylic acids is 1. The van der Waals surface area contributed by atoms with E-state index in [1.807, 2.05) is 30.3 Å². The van der Waals surface area contributed by atoms with Crippen molar-refractivity contribution >= 4 is 17.3 Å². The minimum Gasteiger partial charge on any atom is -0.481 e. The van der Waals surface area contributed by atoms with Crippen molar-refractivity contribution in [3.63, 3.8) is 0 Å². The van der Waals surface area contributed by atoms with E-state index in [2.05, 4.69) is 11.9 Å². The number of carbonyl (C=O) groups is 1. The number of rotatable bonds is 7. The Morgan fingerprint density at radius 2 is 1.81 bits per heavy atom. The molecule has 0 saturated carbocycles. The minimum atomic E-state index is -0.868. The highest BCUT2D eigenvalue weighted by atomic mass is 32.1. The SMILES string of the molecule is CC(c1ccc(F)cc1)C(CC(C(=O)O)c1nccs1)c1ccccc1. The van der Waals surface area contributed by atoms with Crippen molar-refractivity contribution in [2.24, 2.45) is 0 Å². The standard InChI is InChI=1S/C21H20FNO2S/c1-14(15-7-9-17(22)10-8-15)18(16-5-3-2-4-6-16)13-19(21(24)25)20-23-11-12-26-20/h2-12,14,18-19H,13H2,1H3,(H,24,25). The molecule has 2 aromatic carbocycles. The Bertz CT molecular complexity index is 834. The van der Waals surface area contributed by atoms with Crippen LogP contribution in [0.5, 0.6) is 0 Å². The van der Waals surface area contributed by atoms with Crippen molar-refractivity contribution in [1.82, 2.24) is 4.98 Å². The highest BCUT2D eigenvalue weighted by Crippen LogP contribution is 2.40. The zero-order valence-corrected chi connectivity index (χ0v) is 15.2. The van der Waals surface area contributed by atoms with Crippen LogP contribution in [0.25, 0.3) is 0 Å². The van der Waals surface area contributed by atoms with Gasteiger partial charge in [0.15, 0.2) is 0 Å². The molecule has 0 aliphatic rings. The fraction of sp³-hybridized carbons (Fsp3) is 0.238. The summed E-state index contributed by atoms with van der Waals surface area (Å²) in [7, 11) is 0. The molecule has 3 unspecified atom stereocenters. The number of carboxylic acid groups (broad SMARTS) is 1. The molecule has 5 heteroatoms. The molecule has 3 nitrogen and oxygen atoms in total. The summed E-state index contributed by atoms with van der Waals surface area (Å²) in [5, 5.41) is 12.2. The maximum Gasteiger partial charge on any atom is 0.313 e. The fourth-order valence-electron chi connectivity index (χ4n) is 3.30. The average Bonchev–Trinajstić information content (AvgIpc) is 3.17. The lowest BCUT2D eigenvalue weighted by Crippen LogP contribution is -2.18. The summed E-state index contributed by atoms with van der Waals surface area (Å²) in [5.74, 6) is -1.79. The van der Waals surface area contributed by atoms with Crippen molar-refractivity contribution in [2.45, 2.75) is 31.1 Å². The molecule has 3 atom stereocenters. The molecule has 3 rings (SSSR count). The van der Waals surface area contributed by atoms with E-state index in [9.17, 15) is 14.3 Å². The second-order valence-corrected chi connectivity index (χ2v) is 7.28. The first-order chi connectivity index (χ1) is 12.6. The van der Waals surface area contributed by atoms with Crippen LogP contribution in [0.1, 0.15) is 47.2 Å². The monoisotopic (exact) mass is 369 g/mol. The molecule has 0 saturated heterocycles. The molecular formula is C21H20FNO2S. The Hall–Kier alpha value is -2.53. The van der Waals surface area contributed by atoms with Crippen LogP contribution in [0, 0.1) is 5.82 Å². The van der Waals surface area contributed by atoms with E-state index in [4.69, 9.17) is 0 Å². The second kappa shape index (κ2) is 8.23. The third kappa shape index (κ3) is 4.17. The summed E-state index contributed by atoms with van der Waals surface area (Å²) in [6.45, 7) is 2.06. The highest BCUT2D eigenvalue weighted by Gasteiger charge is 2.30. The van der Waals surface area contributed by atoms with Crippen molar-refractivity contribution in [2.75, 3.05) is 0 Å². The molecule has 0 spiro atoms. The van der Waals surface area contributed by atoms with Gasteiger partial charge in [0.1, 0.15) is 16.7 Å². The number of nitrogens with zero attached hydrogens (tertiary/aromatic N) is 1. The van der Waals surface area contributed by atoms with Crippen LogP contribution in [-0.2, 0) is 4.79 Å². The van der Waals surface area contributed by atoms with Crippen LogP contribution in [0.15, 0.2) is 66.2 Å². The van der Waals surface area contributed by atoms with Gasteiger partial charge >= 0.3 is 5.97 Å². The second-order valence-electron chi connectivity index (χ2n) is 6.35. The van der Waals surface area contributed by atoms with Crippen molar-refractivity contribution in [1.29, 1.82) is 0 Å². The normalized spacial score (nSPS) is 14.5. The van der Waals surface area contributed by atoms with E-state index >= 15 is 0 Å². The lowest BCUT2D eigenvalue weighted by molar-refractivity contribution is -0.139. The molecule has 134 valence electrons. The number of thiazole rings is 1. The highest BCUT2D eigenvalue weighted by molar-refractivity contribution is 7.09. The quantitative estimate of drug-likeness (QED) is 0.604. The van der Waals surface area contributed by atoms with Gasteiger partial charge in [-0.1, -0.05) is 49.4 Å². The number of aromatic nitrogens is 1. The van der Waals surface area contributed by atoms with E-state index in [-0.39, 0.29) is 17.7 Å². The lowest BCUT2D eigenvalue weighted by Gasteiger charge is -2.27.